The van der Waals surface area contributed by atoms with Gasteiger partial charge in [0.25, 0.3) is 5.91 Å². The molecule has 0 aromatic heterocycles. The molecule has 0 unspecified atom stereocenters. The Morgan fingerprint density at radius 3 is 2.54 bits per heavy atom. The molecule has 152 valence electrons. The van der Waals surface area contributed by atoms with E-state index >= 15 is 0 Å². The number of rotatable bonds is 7. The minimum absolute atomic E-state index is 0.157. The second-order valence-corrected chi connectivity index (χ2v) is 7.92. The van der Waals surface area contributed by atoms with Crippen molar-refractivity contribution in [1.29, 1.82) is 0 Å². The fourth-order valence-electron chi connectivity index (χ4n) is 3.29. The number of likely N-dealkylation sites (tertiary alicyclic amines) is 1. The molecule has 0 atom stereocenters. The second-order valence-electron chi connectivity index (χ2n) is 7.92. The van der Waals surface area contributed by atoms with Gasteiger partial charge in [0.05, 0.1) is 0 Å². The molecule has 1 aromatic carbocycles. The molecule has 3 rings (SSSR count). The molecule has 3 N–H and O–H groups in total. The van der Waals surface area contributed by atoms with Crippen LogP contribution in [0.1, 0.15) is 49.4 Å². The first-order chi connectivity index (χ1) is 13.5. The van der Waals surface area contributed by atoms with Crippen molar-refractivity contribution in [3.05, 3.63) is 29.8 Å². The highest BCUT2D eigenvalue weighted by Crippen LogP contribution is 2.20. The molecule has 3 amide bonds. The molecule has 1 saturated heterocycles. The average molecular weight is 386 g/mol. The monoisotopic (exact) mass is 386 g/mol. The van der Waals surface area contributed by atoms with Gasteiger partial charge >= 0.3 is 11.8 Å². The maximum absolute atomic E-state index is 12.1. The molecule has 0 bridgehead atoms. The summed E-state index contributed by atoms with van der Waals surface area (Å²) in [6.45, 7) is 5.92. The van der Waals surface area contributed by atoms with Crippen LogP contribution in [0.3, 0.4) is 0 Å². The van der Waals surface area contributed by atoms with Gasteiger partial charge in [0, 0.05) is 23.8 Å². The first-order valence-corrected chi connectivity index (χ1v) is 10.2. The van der Waals surface area contributed by atoms with Crippen molar-refractivity contribution in [2.45, 2.75) is 45.1 Å². The van der Waals surface area contributed by atoms with Crippen molar-refractivity contribution >= 4 is 23.4 Å². The van der Waals surface area contributed by atoms with Gasteiger partial charge in [-0.05, 0) is 75.9 Å². The third-order valence-corrected chi connectivity index (χ3v) is 5.31. The van der Waals surface area contributed by atoms with E-state index in [1.54, 1.807) is 24.3 Å². The van der Waals surface area contributed by atoms with Crippen LogP contribution >= 0.6 is 0 Å². The summed E-state index contributed by atoms with van der Waals surface area (Å²) in [5.41, 5.74) is 0.909. The minimum Gasteiger partial charge on any atom is -0.349 e. The van der Waals surface area contributed by atoms with E-state index in [0.717, 1.165) is 44.8 Å². The zero-order valence-corrected chi connectivity index (χ0v) is 16.5. The third-order valence-electron chi connectivity index (χ3n) is 5.31. The lowest BCUT2D eigenvalue weighted by Gasteiger charge is -2.30. The predicted molar refractivity (Wildman–Crippen MR) is 108 cm³/mol. The summed E-state index contributed by atoms with van der Waals surface area (Å²) >= 11 is 0. The SMILES string of the molecule is CC1CCN(CCCNC(=O)C(=O)Nc2cccc(C(=O)NC3CC3)c2)CC1. The van der Waals surface area contributed by atoms with Crippen LogP contribution in [0.15, 0.2) is 24.3 Å². The predicted octanol–water partition coefficient (Wildman–Crippen LogP) is 1.76. The lowest BCUT2D eigenvalue weighted by Crippen LogP contribution is -2.38. The van der Waals surface area contributed by atoms with Crippen LogP contribution in [0.25, 0.3) is 0 Å². The van der Waals surface area contributed by atoms with Crippen molar-refractivity contribution in [3.8, 4) is 0 Å². The summed E-state index contributed by atoms with van der Waals surface area (Å²) in [5.74, 6) is -0.722. The largest absolute Gasteiger partial charge is 0.349 e. The molecule has 28 heavy (non-hydrogen) atoms. The van der Waals surface area contributed by atoms with Crippen LogP contribution in [-0.2, 0) is 9.59 Å². The van der Waals surface area contributed by atoms with E-state index in [1.807, 2.05) is 0 Å². The fourth-order valence-corrected chi connectivity index (χ4v) is 3.29. The Balaban J connectivity index is 1.37. The maximum Gasteiger partial charge on any atom is 0.313 e. The number of amides is 3. The number of carbonyl (C=O) groups is 3. The topological polar surface area (TPSA) is 90.5 Å². The Hall–Kier alpha value is -2.41. The smallest absolute Gasteiger partial charge is 0.313 e. The zero-order valence-electron chi connectivity index (χ0n) is 16.5. The van der Waals surface area contributed by atoms with Gasteiger partial charge in [0.2, 0.25) is 0 Å². The number of hydrogen-bond acceptors (Lipinski definition) is 4. The fraction of sp³-hybridized carbons (Fsp3) is 0.571. The highest BCUT2D eigenvalue weighted by molar-refractivity contribution is 6.39. The van der Waals surface area contributed by atoms with Gasteiger partial charge in [-0.1, -0.05) is 13.0 Å². The molecule has 1 aliphatic heterocycles. The van der Waals surface area contributed by atoms with Crippen molar-refractivity contribution in [2.24, 2.45) is 5.92 Å². The molecule has 0 radical (unpaired) electrons. The van der Waals surface area contributed by atoms with Crippen LogP contribution in [0.2, 0.25) is 0 Å². The number of piperidine rings is 1. The quantitative estimate of drug-likeness (QED) is 0.492. The number of hydrogen-bond donors (Lipinski definition) is 3. The van der Waals surface area contributed by atoms with Gasteiger partial charge in [0.15, 0.2) is 0 Å². The molecule has 7 nitrogen and oxygen atoms in total. The minimum atomic E-state index is -0.716. The number of nitrogens with one attached hydrogen (secondary N) is 3. The Morgan fingerprint density at radius 2 is 1.82 bits per heavy atom. The van der Waals surface area contributed by atoms with Crippen molar-refractivity contribution in [1.82, 2.24) is 15.5 Å². The van der Waals surface area contributed by atoms with E-state index in [9.17, 15) is 14.4 Å². The van der Waals surface area contributed by atoms with Crippen molar-refractivity contribution < 1.29 is 14.4 Å². The third kappa shape index (κ3) is 6.34. The highest BCUT2D eigenvalue weighted by atomic mass is 16.2. The van der Waals surface area contributed by atoms with Gasteiger partial charge in [-0.15, -0.1) is 0 Å². The molecule has 2 fully saturated rings. The van der Waals surface area contributed by atoms with Crippen LogP contribution in [0.4, 0.5) is 5.69 Å². The van der Waals surface area contributed by atoms with Crippen LogP contribution in [0.5, 0.6) is 0 Å². The van der Waals surface area contributed by atoms with E-state index in [1.165, 1.54) is 12.8 Å². The van der Waals surface area contributed by atoms with Crippen molar-refractivity contribution in [3.63, 3.8) is 0 Å². The van der Waals surface area contributed by atoms with Gasteiger partial charge in [-0.2, -0.15) is 0 Å². The van der Waals surface area contributed by atoms with Gasteiger partial charge in [-0.3, -0.25) is 14.4 Å². The van der Waals surface area contributed by atoms with E-state index < -0.39 is 11.8 Å². The molecule has 0 spiro atoms. The van der Waals surface area contributed by atoms with Crippen LogP contribution in [-0.4, -0.2) is 54.8 Å². The van der Waals surface area contributed by atoms with Crippen LogP contribution < -0.4 is 16.0 Å². The zero-order chi connectivity index (χ0) is 19.9. The summed E-state index contributed by atoms with van der Waals surface area (Å²) in [4.78, 5) is 38.6. The summed E-state index contributed by atoms with van der Waals surface area (Å²) in [6, 6.07) is 6.89. The van der Waals surface area contributed by atoms with Crippen molar-refractivity contribution in [2.75, 3.05) is 31.5 Å². The van der Waals surface area contributed by atoms with Crippen LogP contribution in [0, 0.1) is 5.92 Å². The Labute approximate surface area is 166 Å². The molecular formula is C21H30N4O3. The maximum atomic E-state index is 12.1. The molecule has 1 saturated carbocycles. The summed E-state index contributed by atoms with van der Waals surface area (Å²) in [5, 5.41) is 8.13. The van der Waals surface area contributed by atoms with E-state index in [-0.39, 0.29) is 11.9 Å². The standard InChI is InChI=1S/C21H30N4O3/c1-15-8-12-25(13-9-15)11-3-10-22-20(27)21(28)24-18-5-2-4-16(14-18)19(26)23-17-6-7-17/h2,4-5,14-15,17H,3,6-13H2,1H3,(H,22,27)(H,23,26)(H,24,28). The average Bonchev–Trinajstić information content (AvgIpc) is 3.50. The Bertz CT molecular complexity index is 709. The molecule has 2 aliphatic rings. The van der Waals surface area contributed by atoms with Gasteiger partial charge in [-0.25, -0.2) is 0 Å². The lowest BCUT2D eigenvalue weighted by molar-refractivity contribution is -0.136. The molecule has 1 aromatic rings. The van der Waals surface area contributed by atoms with Gasteiger partial charge in [0.1, 0.15) is 0 Å². The first kappa shape index (κ1) is 20.3. The lowest BCUT2D eigenvalue weighted by atomic mass is 9.99. The molecule has 1 heterocycles. The van der Waals surface area contributed by atoms with E-state index in [2.05, 4.69) is 27.8 Å². The molecule has 1 aliphatic carbocycles. The molecular weight excluding hydrogens is 356 g/mol. The second kappa shape index (κ2) is 9.68. The normalized spacial score (nSPS) is 17.8. The number of benzene rings is 1. The first-order valence-electron chi connectivity index (χ1n) is 10.2. The number of anilines is 1. The van der Waals surface area contributed by atoms with E-state index in [4.69, 9.17) is 0 Å². The van der Waals surface area contributed by atoms with E-state index in [0.29, 0.717) is 17.8 Å². The van der Waals surface area contributed by atoms with Gasteiger partial charge < -0.3 is 20.9 Å². The summed E-state index contributed by atoms with van der Waals surface area (Å²) in [6.07, 6.45) is 5.31. The summed E-state index contributed by atoms with van der Waals surface area (Å²) in [7, 11) is 0. The number of nitrogens with zero attached hydrogens (tertiary/aromatic N) is 1. The Morgan fingerprint density at radius 1 is 1.07 bits per heavy atom. The molecule has 7 heteroatoms. The summed E-state index contributed by atoms with van der Waals surface area (Å²) < 4.78 is 0. The number of carbonyl (C=O) groups excluding carboxylic acids is 3. The highest BCUT2D eigenvalue weighted by Gasteiger charge is 2.24. The Kier molecular flexibility index (Phi) is 7.03.